The van der Waals surface area contributed by atoms with Crippen molar-refractivity contribution in [3.05, 3.63) is 48.5 Å². The first-order valence-corrected chi connectivity index (χ1v) is 9.88. The summed E-state index contributed by atoms with van der Waals surface area (Å²) in [6.45, 7) is 1.93. The predicted octanol–water partition coefficient (Wildman–Crippen LogP) is 2.43. The SMILES string of the molecule is CC(C(=O)On1nnc2cccnc21)C1CCC(c2ccnc3ccnn23)CC1. The van der Waals surface area contributed by atoms with Crippen molar-refractivity contribution < 1.29 is 9.63 Å². The molecule has 1 aliphatic rings. The summed E-state index contributed by atoms with van der Waals surface area (Å²) < 4.78 is 1.92. The molecular weight excluding hydrogens is 370 g/mol. The molecule has 0 bridgehead atoms. The highest BCUT2D eigenvalue weighted by Gasteiger charge is 2.32. The molecule has 1 fully saturated rings. The Morgan fingerprint density at radius 2 is 1.97 bits per heavy atom. The van der Waals surface area contributed by atoms with Gasteiger partial charge in [0.1, 0.15) is 5.52 Å². The van der Waals surface area contributed by atoms with Crippen molar-refractivity contribution in [2.45, 2.75) is 38.5 Å². The Morgan fingerprint density at radius 1 is 1.10 bits per heavy atom. The second-order valence-electron chi connectivity index (χ2n) is 7.59. The lowest BCUT2D eigenvalue weighted by molar-refractivity contribution is -0.152. The topological polar surface area (TPSA) is 100 Å². The van der Waals surface area contributed by atoms with E-state index in [0.29, 0.717) is 17.1 Å². The third-order valence-corrected chi connectivity index (χ3v) is 5.95. The average Bonchev–Trinajstić information content (AvgIpc) is 3.40. The number of carbonyl (C=O) groups is 1. The molecule has 4 aromatic rings. The highest BCUT2D eigenvalue weighted by Crippen LogP contribution is 2.38. The molecule has 1 saturated carbocycles. The Hall–Kier alpha value is -3.36. The summed E-state index contributed by atoms with van der Waals surface area (Å²) >= 11 is 0. The summed E-state index contributed by atoms with van der Waals surface area (Å²) in [5.74, 6) is 0.171. The molecule has 0 spiro atoms. The number of hydrogen-bond donors (Lipinski definition) is 0. The maximum atomic E-state index is 12.7. The van der Waals surface area contributed by atoms with E-state index in [4.69, 9.17) is 4.84 Å². The minimum Gasteiger partial charge on any atom is -0.315 e. The highest BCUT2D eigenvalue weighted by atomic mass is 16.7. The van der Waals surface area contributed by atoms with Crippen LogP contribution in [-0.4, -0.2) is 40.7 Å². The van der Waals surface area contributed by atoms with Gasteiger partial charge in [0.15, 0.2) is 5.65 Å². The number of hydrogen-bond acceptors (Lipinski definition) is 7. The van der Waals surface area contributed by atoms with Gasteiger partial charge in [0.25, 0.3) is 0 Å². The van der Waals surface area contributed by atoms with Gasteiger partial charge < -0.3 is 4.84 Å². The van der Waals surface area contributed by atoms with E-state index in [0.717, 1.165) is 36.2 Å². The molecule has 9 heteroatoms. The zero-order chi connectivity index (χ0) is 19.8. The summed E-state index contributed by atoms with van der Waals surface area (Å²) in [4.78, 5) is 27.8. The van der Waals surface area contributed by atoms with Crippen LogP contribution in [0.4, 0.5) is 0 Å². The molecule has 148 valence electrons. The molecular formula is C20H21N7O2. The van der Waals surface area contributed by atoms with E-state index in [1.54, 1.807) is 24.5 Å². The Balaban J connectivity index is 1.24. The Bertz CT molecular complexity index is 1160. The van der Waals surface area contributed by atoms with Gasteiger partial charge in [-0.3, -0.25) is 0 Å². The first-order valence-electron chi connectivity index (χ1n) is 9.88. The van der Waals surface area contributed by atoms with Crippen molar-refractivity contribution in [2.24, 2.45) is 11.8 Å². The lowest BCUT2D eigenvalue weighted by Gasteiger charge is -2.31. The molecule has 0 aliphatic heterocycles. The van der Waals surface area contributed by atoms with Crippen LogP contribution < -0.4 is 4.84 Å². The van der Waals surface area contributed by atoms with Gasteiger partial charge >= 0.3 is 5.97 Å². The second-order valence-corrected chi connectivity index (χ2v) is 7.59. The van der Waals surface area contributed by atoms with Crippen molar-refractivity contribution in [2.75, 3.05) is 0 Å². The van der Waals surface area contributed by atoms with E-state index in [-0.39, 0.29) is 17.8 Å². The van der Waals surface area contributed by atoms with Crippen LogP contribution in [0.3, 0.4) is 0 Å². The predicted molar refractivity (Wildman–Crippen MR) is 104 cm³/mol. The molecule has 0 amide bonds. The Kier molecular flexibility index (Phi) is 4.42. The summed E-state index contributed by atoms with van der Waals surface area (Å²) in [7, 11) is 0. The largest absolute Gasteiger partial charge is 0.338 e. The molecule has 1 unspecified atom stereocenters. The molecule has 0 radical (unpaired) electrons. The molecule has 0 aromatic carbocycles. The van der Waals surface area contributed by atoms with Crippen LogP contribution in [0.1, 0.15) is 44.2 Å². The van der Waals surface area contributed by atoms with Gasteiger partial charge in [-0.15, -0.1) is 5.10 Å². The third kappa shape index (κ3) is 3.22. The summed E-state index contributed by atoms with van der Waals surface area (Å²) in [5, 5.41) is 12.3. The fourth-order valence-corrected chi connectivity index (χ4v) is 4.25. The summed E-state index contributed by atoms with van der Waals surface area (Å²) in [6.07, 6.45) is 9.18. The number of nitrogens with zero attached hydrogens (tertiary/aromatic N) is 7. The van der Waals surface area contributed by atoms with Crippen LogP contribution in [0, 0.1) is 11.8 Å². The molecule has 9 nitrogen and oxygen atoms in total. The van der Waals surface area contributed by atoms with Gasteiger partial charge in [-0.2, -0.15) is 5.10 Å². The van der Waals surface area contributed by atoms with Crippen LogP contribution >= 0.6 is 0 Å². The molecule has 29 heavy (non-hydrogen) atoms. The number of fused-ring (bicyclic) bond motifs is 2. The molecule has 0 saturated heterocycles. The highest BCUT2D eigenvalue weighted by molar-refractivity contribution is 5.74. The molecule has 0 N–H and O–H groups in total. The fourth-order valence-electron chi connectivity index (χ4n) is 4.25. The molecule has 1 aliphatic carbocycles. The normalized spacial score (nSPS) is 20.7. The minimum absolute atomic E-state index is 0.221. The Morgan fingerprint density at radius 3 is 2.83 bits per heavy atom. The van der Waals surface area contributed by atoms with Crippen molar-refractivity contribution in [3.63, 3.8) is 0 Å². The third-order valence-electron chi connectivity index (χ3n) is 5.95. The van der Waals surface area contributed by atoms with E-state index < -0.39 is 0 Å². The number of aromatic nitrogens is 7. The van der Waals surface area contributed by atoms with E-state index in [1.807, 2.05) is 29.8 Å². The van der Waals surface area contributed by atoms with Crippen molar-refractivity contribution >= 4 is 22.8 Å². The van der Waals surface area contributed by atoms with Crippen LogP contribution in [0.15, 0.2) is 42.9 Å². The van der Waals surface area contributed by atoms with Crippen LogP contribution in [-0.2, 0) is 4.79 Å². The number of pyridine rings is 1. The number of carbonyl (C=O) groups excluding carboxylic acids is 1. The van der Waals surface area contributed by atoms with Gasteiger partial charge in [-0.25, -0.2) is 19.3 Å². The van der Waals surface area contributed by atoms with Crippen molar-refractivity contribution in [1.82, 2.24) is 34.7 Å². The lowest BCUT2D eigenvalue weighted by atomic mass is 9.75. The fraction of sp³-hybridized carbons (Fsp3) is 0.400. The van der Waals surface area contributed by atoms with Gasteiger partial charge in [-0.1, -0.05) is 6.92 Å². The monoisotopic (exact) mass is 391 g/mol. The lowest BCUT2D eigenvalue weighted by Crippen LogP contribution is -2.32. The first-order chi connectivity index (χ1) is 14.2. The van der Waals surface area contributed by atoms with Crippen molar-refractivity contribution in [1.29, 1.82) is 0 Å². The van der Waals surface area contributed by atoms with E-state index >= 15 is 0 Å². The zero-order valence-electron chi connectivity index (χ0n) is 16.0. The summed E-state index contributed by atoms with van der Waals surface area (Å²) in [5.41, 5.74) is 3.09. The molecule has 4 heterocycles. The van der Waals surface area contributed by atoms with Gasteiger partial charge in [0.05, 0.1) is 12.1 Å². The quantitative estimate of drug-likeness (QED) is 0.493. The van der Waals surface area contributed by atoms with Crippen LogP contribution in [0.5, 0.6) is 0 Å². The molecule has 4 aromatic heterocycles. The summed E-state index contributed by atoms with van der Waals surface area (Å²) in [6, 6.07) is 7.51. The van der Waals surface area contributed by atoms with Gasteiger partial charge in [0.2, 0.25) is 5.65 Å². The second kappa shape index (κ2) is 7.23. The first kappa shape index (κ1) is 17.7. The van der Waals surface area contributed by atoms with Gasteiger partial charge in [-0.05, 0) is 59.9 Å². The van der Waals surface area contributed by atoms with E-state index in [9.17, 15) is 4.79 Å². The molecule has 1 atom stereocenters. The van der Waals surface area contributed by atoms with Crippen LogP contribution in [0.2, 0.25) is 0 Å². The minimum atomic E-state index is -0.302. The average molecular weight is 391 g/mol. The van der Waals surface area contributed by atoms with E-state index in [2.05, 4.69) is 25.4 Å². The maximum absolute atomic E-state index is 12.7. The Labute approximate surface area is 166 Å². The zero-order valence-corrected chi connectivity index (χ0v) is 16.0. The van der Waals surface area contributed by atoms with Crippen LogP contribution in [0.25, 0.3) is 16.8 Å². The molecule has 5 rings (SSSR count). The maximum Gasteiger partial charge on any atom is 0.338 e. The van der Waals surface area contributed by atoms with Gasteiger partial charge in [0, 0.05) is 30.1 Å². The number of rotatable bonds is 4. The standard InChI is InChI=1S/C20H21N7O2/c1-13(20(28)29-27-19-16(24-25-27)3-2-10-22-19)14-4-6-15(7-5-14)17-8-11-21-18-9-12-23-26(17)18/h2-3,8-15H,4-7H2,1H3. The van der Waals surface area contributed by atoms with E-state index in [1.165, 1.54) is 5.69 Å². The smallest absolute Gasteiger partial charge is 0.315 e. The van der Waals surface area contributed by atoms with Crippen molar-refractivity contribution in [3.8, 4) is 0 Å².